The average molecular weight is 188 g/mol. The van der Waals surface area contributed by atoms with Crippen LogP contribution >= 0.6 is 24.2 Å². The first-order chi connectivity index (χ1) is 5.16. The second-order valence-corrected chi connectivity index (χ2v) is 3.17. The molecule has 0 N–H and O–H groups in total. The number of halogens is 1. The van der Waals surface area contributed by atoms with Gasteiger partial charge in [0, 0.05) is 11.9 Å². The molecule has 3 heteroatoms. The molecule has 0 saturated carbocycles. The monoisotopic (exact) mass is 187 g/mol. The normalized spacial score (nSPS) is 10.2. The van der Waals surface area contributed by atoms with E-state index in [2.05, 4.69) is 17.6 Å². The lowest BCUT2D eigenvalue weighted by atomic mass is 10.1. The van der Waals surface area contributed by atoms with Gasteiger partial charge in [-0.3, -0.25) is 0 Å². The minimum Gasteiger partial charge on any atom is -0.244 e. The van der Waals surface area contributed by atoms with E-state index in [9.17, 15) is 0 Å². The van der Waals surface area contributed by atoms with E-state index in [0.717, 1.165) is 16.9 Å². The minimum absolute atomic E-state index is 0.583. The summed E-state index contributed by atoms with van der Waals surface area (Å²) in [7, 11) is 0. The summed E-state index contributed by atoms with van der Waals surface area (Å²) in [5.41, 5.74) is 3.39. The Bertz CT molecular complexity index is 273. The maximum absolute atomic E-state index is 5.82. The number of pyridine rings is 1. The van der Waals surface area contributed by atoms with Crippen molar-refractivity contribution in [2.75, 3.05) is 0 Å². The van der Waals surface area contributed by atoms with Gasteiger partial charge in [-0.05, 0) is 30.5 Å². The van der Waals surface area contributed by atoms with Crippen molar-refractivity contribution in [1.82, 2.24) is 4.98 Å². The first kappa shape index (κ1) is 8.88. The fourth-order valence-corrected chi connectivity index (χ4v) is 1.64. The first-order valence-electron chi connectivity index (χ1n) is 3.38. The van der Waals surface area contributed by atoms with E-state index in [-0.39, 0.29) is 0 Å². The number of thiol groups is 1. The second-order valence-electron chi connectivity index (χ2n) is 2.49. The molecule has 0 aromatic carbocycles. The Kier molecular flexibility index (Phi) is 2.79. The molecular weight excluding hydrogens is 178 g/mol. The maximum Gasteiger partial charge on any atom is 0.132 e. The topological polar surface area (TPSA) is 12.9 Å². The van der Waals surface area contributed by atoms with E-state index in [1.54, 1.807) is 6.20 Å². The van der Waals surface area contributed by atoms with Crippen LogP contribution in [0.25, 0.3) is 0 Å². The molecule has 0 radical (unpaired) electrons. The van der Waals surface area contributed by atoms with Crippen molar-refractivity contribution in [3.05, 3.63) is 28.0 Å². The fourth-order valence-electron chi connectivity index (χ4n) is 0.992. The minimum atomic E-state index is 0.583. The zero-order chi connectivity index (χ0) is 8.43. The Morgan fingerprint density at radius 3 is 2.64 bits per heavy atom. The molecule has 0 bridgehead atoms. The predicted molar refractivity (Wildman–Crippen MR) is 51.4 cm³/mol. The first-order valence-corrected chi connectivity index (χ1v) is 4.39. The molecule has 0 fully saturated rings. The molecule has 1 aromatic heterocycles. The van der Waals surface area contributed by atoms with Gasteiger partial charge in [-0.15, -0.1) is 0 Å². The molecule has 60 valence electrons. The van der Waals surface area contributed by atoms with Crippen molar-refractivity contribution in [2.24, 2.45) is 0 Å². The fraction of sp³-hybridized carbons (Fsp3) is 0.375. The van der Waals surface area contributed by atoms with Gasteiger partial charge in [-0.2, -0.15) is 12.6 Å². The van der Waals surface area contributed by atoms with E-state index in [0.29, 0.717) is 5.15 Å². The van der Waals surface area contributed by atoms with Crippen LogP contribution in [0.5, 0.6) is 0 Å². The number of aromatic nitrogens is 1. The van der Waals surface area contributed by atoms with E-state index < -0.39 is 0 Å². The van der Waals surface area contributed by atoms with Gasteiger partial charge in [0.15, 0.2) is 0 Å². The molecule has 0 aliphatic rings. The summed E-state index contributed by atoms with van der Waals surface area (Å²) < 4.78 is 0. The molecule has 11 heavy (non-hydrogen) atoms. The SMILES string of the molecule is Cc1cnc(Cl)c(C)c1CS. The molecule has 0 spiro atoms. The Balaban J connectivity index is 3.29. The van der Waals surface area contributed by atoms with E-state index >= 15 is 0 Å². The lowest BCUT2D eigenvalue weighted by Crippen LogP contribution is -1.93. The Morgan fingerprint density at radius 1 is 1.55 bits per heavy atom. The zero-order valence-electron chi connectivity index (χ0n) is 6.56. The number of hydrogen-bond acceptors (Lipinski definition) is 2. The van der Waals surface area contributed by atoms with E-state index in [1.165, 1.54) is 5.56 Å². The Hall–Kier alpha value is -0.210. The predicted octanol–water partition coefficient (Wildman–Crippen LogP) is 2.78. The van der Waals surface area contributed by atoms with Crippen molar-refractivity contribution in [2.45, 2.75) is 19.6 Å². The van der Waals surface area contributed by atoms with Crippen LogP contribution in [0.4, 0.5) is 0 Å². The Labute approximate surface area is 77.2 Å². The molecule has 1 heterocycles. The van der Waals surface area contributed by atoms with Gasteiger partial charge in [0.05, 0.1) is 0 Å². The summed E-state index contributed by atoms with van der Waals surface area (Å²) in [6.45, 7) is 3.98. The molecule has 0 saturated heterocycles. The highest BCUT2D eigenvalue weighted by atomic mass is 35.5. The molecule has 0 aliphatic heterocycles. The standard InChI is InChI=1S/C8H10ClNS/c1-5-3-10-8(9)6(2)7(5)4-11/h3,11H,4H2,1-2H3. The summed E-state index contributed by atoms with van der Waals surface area (Å²) >= 11 is 10.0. The summed E-state index contributed by atoms with van der Waals surface area (Å²) in [6.07, 6.45) is 1.78. The van der Waals surface area contributed by atoms with Crippen LogP contribution in [-0.2, 0) is 5.75 Å². The molecule has 0 unspecified atom stereocenters. The number of nitrogens with zero attached hydrogens (tertiary/aromatic N) is 1. The third-order valence-electron chi connectivity index (χ3n) is 1.77. The lowest BCUT2D eigenvalue weighted by molar-refractivity contribution is 1.15. The van der Waals surface area contributed by atoms with Crippen LogP contribution < -0.4 is 0 Å². The smallest absolute Gasteiger partial charge is 0.132 e. The molecule has 0 amide bonds. The van der Waals surface area contributed by atoms with Gasteiger partial charge < -0.3 is 0 Å². The van der Waals surface area contributed by atoms with Crippen molar-refractivity contribution in [3.63, 3.8) is 0 Å². The summed E-state index contributed by atoms with van der Waals surface area (Å²) in [5, 5.41) is 0.583. The second kappa shape index (κ2) is 3.46. The van der Waals surface area contributed by atoms with Gasteiger partial charge in [0.2, 0.25) is 0 Å². The quantitative estimate of drug-likeness (QED) is 0.527. The van der Waals surface area contributed by atoms with Gasteiger partial charge >= 0.3 is 0 Å². The van der Waals surface area contributed by atoms with Crippen molar-refractivity contribution < 1.29 is 0 Å². The third kappa shape index (κ3) is 1.68. The molecule has 0 atom stereocenters. The molecule has 0 aliphatic carbocycles. The summed E-state index contributed by atoms with van der Waals surface area (Å²) in [4.78, 5) is 4.02. The molecule has 1 nitrogen and oxygen atoms in total. The Morgan fingerprint density at radius 2 is 2.18 bits per heavy atom. The average Bonchev–Trinajstić information content (AvgIpc) is 1.99. The maximum atomic E-state index is 5.82. The highest BCUT2D eigenvalue weighted by Crippen LogP contribution is 2.20. The zero-order valence-corrected chi connectivity index (χ0v) is 8.21. The molecule has 1 aromatic rings. The van der Waals surface area contributed by atoms with Crippen LogP contribution in [0.3, 0.4) is 0 Å². The van der Waals surface area contributed by atoms with Crippen molar-refractivity contribution >= 4 is 24.2 Å². The van der Waals surface area contributed by atoms with Crippen LogP contribution in [0.15, 0.2) is 6.20 Å². The number of hydrogen-bond donors (Lipinski definition) is 1. The van der Waals surface area contributed by atoms with Crippen LogP contribution in [0, 0.1) is 13.8 Å². The van der Waals surface area contributed by atoms with Crippen LogP contribution in [0.1, 0.15) is 16.7 Å². The van der Waals surface area contributed by atoms with Crippen LogP contribution in [0.2, 0.25) is 5.15 Å². The summed E-state index contributed by atoms with van der Waals surface area (Å²) in [6, 6.07) is 0. The molecular formula is C8H10ClNS. The van der Waals surface area contributed by atoms with E-state index in [1.807, 2.05) is 13.8 Å². The third-order valence-corrected chi connectivity index (χ3v) is 2.47. The van der Waals surface area contributed by atoms with Gasteiger partial charge in [-0.1, -0.05) is 11.6 Å². The number of aryl methyl sites for hydroxylation is 1. The van der Waals surface area contributed by atoms with Crippen molar-refractivity contribution in [3.8, 4) is 0 Å². The van der Waals surface area contributed by atoms with E-state index in [4.69, 9.17) is 11.6 Å². The summed E-state index contributed by atoms with van der Waals surface area (Å²) in [5.74, 6) is 0.722. The van der Waals surface area contributed by atoms with Crippen LogP contribution in [-0.4, -0.2) is 4.98 Å². The van der Waals surface area contributed by atoms with Gasteiger partial charge in [0.25, 0.3) is 0 Å². The van der Waals surface area contributed by atoms with Crippen molar-refractivity contribution in [1.29, 1.82) is 0 Å². The molecule has 1 rings (SSSR count). The van der Waals surface area contributed by atoms with Gasteiger partial charge in [0.1, 0.15) is 5.15 Å². The lowest BCUT2D eigenvalue weighted by Gasteiger charge is -2.06. The largest absolute Gasteiger partial charge is 0.244 e. The highest BCUT2D eigenvalue weighted by Gasteiger charge is 2.04. The number of rotatable bonds is 1. The van der Waals surface area contributed by atoms with Gasteiger partial charge in [-0.25, -0.2) is 4.98 Å². The highest BCUT2D eigenvalue weighted by molar-refractivity contribution is 7.79.